The third-order valence-corrected chi connectivity index (χ3v) is 4.34. The molecule has 1 aliphatic rings. The highest BCUT2D eigenvalue weighted by molar-refractivity contribution is 9.10. The van der Waals surface area contributed by atoms with E-state index in [-0.39, 0.29) is 5.56 Å². The lowest BCUT2D eigenvalue weighted by Gasteiger charge is -2.14. The highest BCUT2D eigenvalue weighted by Gasteiger charge is 2.38. The summed E-state index contributed by atoms with van der Waals surface area (Å²) in [7, 11) is 0. The standard InChI is InChI=1S/C14H8BrClN2O2/c15-9-5-4-7(6-10(9)16)18-13(19)8-2-1-3-11(17)12(8)14(18)20/h1-6H,17H2. The van der Waals surface area contributed by atoms with Gasteiger partial charge >= 0.3 is 0 Å². The van der Waals surface area contributed by atoms with E-state index in [0.717, 1.165) is 4.90 Å². The van der Waals surface area contributed by atoms with Crippen molar-refractivity contribution < 1.29 is 9.59 Å². The van der Waals surface area contributed by atoms with Crippen LogP contribution in [0, 0.1) is 0 Å². The van der Waals surface area contributed by atoms with Crippen LogP contribution < -0.4 is 10.6 Å². The molecule has 0 spiro atoms. The Morgan fingerprint density at radius 3 is 2.50 bits per heavy atom. The van der Waals surface area contributed by atoms with Crippen LogP contribution in [-0.4, -0.2) is 11.8 Å². The summed E-state index contributed by atoms with van der Waals surface area (Å²) in [4.78, 5) is 25.8. The largest absolute Gasteiger partial charge is 0.398 e. The van der Waals surface area contributed by atoms with Gasteiger partial charge in [0.1, 0.15) is 0 Å². The zero-order valence-corrected chi connectivity index (χ0v) is 12.4. The topological polar surface area (TPSA) is 63.4 Å². The summed E-state index contributed by atoms with van der Waals surface area (Å²) in [5, 5.41) is 0.423. The molecule has 0 atom stereocenters. The molecule has 0 saturated heterocycles. The zero-order chi connectivity index (χ0) is 14.4. The second-order valence-corrected chi connectivity index (χ2v) is 5.58. The van der Waals surface area contributed by atoms with E-state index in [1.807, 2.05) is 0 Å². The monoisotopic (exact) mass is 350 g/mol. The average molecular weight is 352 g/mol. The molecule has 2 aromatic rings. The van der Waals surface area contributed by atoms with Crippen LogP contribution in [0.3, 0.4) is 0 Å². The Kier molecular flexibility index (Phi) is 3.03. The Balaban J connectivity index is 2.14. The first kappa shape index (κ1) is 13.1. The number of carbonyl (C=O) groups excluding carboxylic acids is 2. The number of halogens is 2. The molecular weight excluding hydrogens is 344 g/mol. The summed E-state index contributed by atoms with van der Waals surface area (Å²) in [6, 6.07) is 9.73. The van der Waals surface area contributed by atoms with Gasteiger partial charge in [0.2, 0.25) is 0 Å². The van der Waals surface area contributed by atoms with Gasteiger partial charge in [-0.05, 0) is 46.3 Å². The van der Waals surface area contributed by atoms with Crippen molar-refractivity contribution >= 4 is 50.7 Å². The number of rotatable bonds is 1. The van der Waals surface area contributed by atoms with Crippen molar-refractivity contribution in [3.05, 3.63) is 57.0 Å². The van der Waals surface area contributed by atoms with Crippen molar-refractivity contribution in [1.82, 2.24) is 0 Å². The van der Waals surface area contributed by atoms with Gasteiger partial charge in [-0.2, -0.15) is 0 Å². The molecule has 2 aromatic carbocycles. The van der Waals surface area contributed by atoms with Crippen LogP contribution in [0.15, 0.2) is 40.9 Å². The Morgan fingerprint density at radius 2 is 1.85 bits per heavy atom. The van der Waals surface area contributed by atoms with E-state index in [4.69, 9.17) is 17.3 Å². The molecule has 0 aliphatic carbocycles. The van der Waals surface area contributed by atoms with Gasteiger partial charge in [-0.3, -0.25) is 9.59 Å². The predicted molar refractivity (Wildman–Crippen MR) is 81.1 cm³/mol. The molecule has 2 amide bonds. The zero-order valence-electron chi connectivity index (χ0n) is 10.1. The lowest BCUT2D eigenvalue weighted by Crippen LogP contribution is -2.29. The number of fused-ring (bicyclic) bond motifs is 1. The summed E-state index contributed by atoms with van der Waals surface area (Å²) < 4.78 is 0.694. The molecule has 6 heteroatoms. The van der Waals surface area contributed by atoms with E-state index < -0.39 is 11.8 Å². The second-order valence-electron chi connectivity index (χ2n) is 4.31. The molecule has 2 N–H and O–H groups in total. The van der Waals surface area contributed by atoms with E-state index in [9.17, 15) is 9.59 Å². The molecule has 0 bridgehead atoms. The minimum Gasteiger partial charge on any atom is -0.398 e. The van der Waals surface area contributed by atoms with Gasteiger partial charge in [0.15, 0.2) is 0 Å². The molecule has 0 unspecified atom stereocenters. The molecule has 0 saturated carbocycles. The van der Waals surface area contributed by atoms with E-state index in [1.54, 1.807) is 36.4 Å². The highest BCUT2D eigenvalue weighted by Crippen LogP contribution is 2.34. The summed E-state index contributed by atoms with van der Waals surface area (Å²) in [5.74, 6) is -0.822. The number of nitrogen functional groups attached to an aromatic ring is 1. The SMILES string of the molecule is Nc1cccc2c1C(=O)N(c1ccc(Br)c(Cl)c1)C2=O. The molecule has 0 aromatic heterocycles. The molecule has 3 rings (SSSR count). The number of hydrogen-bond acceptors (Lipinski definition) is 3. The number of nitrogens with two attached hydrogens (primary N) is 1. The molecule has 100 valence electrons. The fourth-order valence-electron chi connectivity index (χ4n) is 2.17. The Hall–Kier alpha value is -1.85. The van der Waals surface area contributed by atoms with E-state index >= 15 is 0 Å². The van der Waals surface area contributed by atoms with Gasteiger partial charge in [0, 0.05) is 10.2 Å². The number of carbonyl (C=O) groups is 2. The van der Waals surface area contributed by atoms with Crippen LogP contribution in [-0.2, 0) is 0 Å². The fourth-order valence-corrected chi connectivity index (χ4v) is 2.59. The third-order valence-electron chi connectivity index (χ3n) is 3.11. The van der Waals surface area contributed by atoms with Gasteiger partial charge in [-0.15, -0.1) is 0 Å². The number of nitrogens with zero attached hydrogens (tertiary/aromatic N) is 1. The summed E-state index contributed by atoms with van der Waals surface area (Å²) in [6.45, 7) is 0. The van der Waals surface area contributed by atoms with Gasteiger partial charge < -0.3 is 5.73 Å². The molecule has 4 nitrogen and oxygen atoms in total. The van der Waals surface area contributed by atoms with Crippen LogP contribution in [0.1, 0.15) is 20.7 Å². The Labute approximate surface area is 128 Å². The maximum absolute atomic E-state index is 12.4. The van der Waals surface area contributed by atoms with Crippen molar-refractivity contribution in [2.45, 2.75) is 0 Å². The first-order valence-corrected chi connectivity index (χ1v) is 6.90. The molecule has 0 fully saturated rings. The third kappa shape index (κ3) is 1.82. The summed E-state index contributed by atoms with van der Waals surface area (Å²) >= 11 is 9.28. The minimum atomic E-state index is -0.429. The number of imide groups is 1. The van der Waals surface area contributed by atoms with Crippen LogP contribution in [0.25, 0.3) is 0 Å². The van der Waals surface area contributed by atoms with Gasteiger partial charge in [0.25, 0.3) is 11.8 Å². The van der Waals surface area contributed by atoms with E-state index in [2.05, 4.69) is 15.9 Å². The molecule has 1 heterocycles. The van der Waals surface area contributed by atoms with Gasteiger partial charge in [-0.1, -0.05) is 17.7 Å². The summed E-state index contributed by atoms with van der Waals surface area (Å²) in [6.07, 6.45) is 0. The van der Waals surface area contributed by atoms with Crippen molar-refractivity contribution in [2.75, 3.05) is 10.6 Å². The first-order valence-electron chi connectivity index (χ1n) is 5.73. The first-order chi connectivity index (χ1) is 9.50. The van der Waals surface area contributed by atoms with E-state index in [0.29, 0.717) is 26.4 Å². The van der Waals surface area contributed by atoms with Crippen LogP contribution in [0.4, 0.5) is 11.4 Å². The number of benzene rings is 2. The van der Waals surface area contributed by atoms with Gasteiger partial charge in [-0.25, -0.2) is 4.90 Å². The number of hydrogen-bond donors (Lipinski definition) is 1. The van der Waals surface area contributed by atoms with E-state index in [1.165, 1.54) is 0 Å². The smallest absolute Gasteiger partial charge is 0.268 e. The Bertz CT molecular complexity index is 761. The second kappa shape index (κ2) is 4.61. The minimum absolute atomic E-state index is 0.247. The fraction of sp³-hybridized carbons (Fsp3) is 0. The van der Waals surface area contributed by atoms with Crippen molar-refractivity contribution in [3.8, 4) is 0 Å². The average Bonchev–Trinajstić information content (AvgIpc) is 2.67. The Morgan fingerprint density at radius 1 is 1.10 bits per heavy atom. The number of amides is 2. The van der Waals surface area contributed by atoms with Crippen LogP contribution in [0.2, 0.25) is 5.02 Å². The molecule has 0 radical (unpaired) electrons. The van der Waals surface area contributed by atoms with Crippen molar-refractivity contribution in [3.63, 3.8) is 0 Å². The summed E-state index contributed by atoms with van der Waals surface area (Å²) in [5.41, 5.74) is 7.06. The van der Waals surface area contributed by atoms with Crippen LogP contribution in [0.5, 0.6) is 0 Å². The van der Waals surface area contributed by atoms with Crippen molar-refractivity contribution in [1.29, 1.82) is 0 Å². The lowest BCUT2D eigenvalue weighted by atomic mass is 10.1. The van der Waals surface area contributed by atoms with Crippen molar-refractivity contribution in [2.24, 2.45) is 0 Å². The molecular formula is C14H8BrClN2O2. The molecule has 20 heavy (non-hydrogen) atoms. The maximum Gasteiger partial charge on any atom is 0.268 e. The number of anilines is 2. The highest BCUT2D eigenvalue weighted by atomic mass is 79.9. The normalized spacial score (nSPS) is 13.8. The predicted octanol–water partition coefficient (Wildman–Crippen LogP) is 3.49. The maximum atomic E-state index is 12.4. The van der Waals surface area contributed by atoms with Crippen LogP contribution >= 0.6 is 27.5 Å². The molecule has 1 aliphatic heterocycles. The lowest BCUT2D eigenvalue weighted by molar-refractivity contribution is 0.0926. The van der Waals surface area contributed by atoms with Gasteiger partial charge in [0.05, 0.1) is 21.8 Å². The quantitative estimate of drug-likeness (QED) is 0.632.